The maximum Gasteiger partial charge on any atom is 0.407 e. The van der Waals surface area contributed by atoms with Crippen molar-refractivity contribution in [1.29, 1.82) is 0 Å². The molecule has 0 fully saturated rings. The van der Waals surface area contributed by atoms with Gasteiger partial charge < -0.3 is 15.2 Å². The fourth-order valence-corrected chi connectivity index (χ4v) is 0.648. The van der Waals surface area contributed by atoms with Gasteiger partial charge in [-0.2, -0.15) is 0 Å². The lowest BCUT2D eigenvalue weighted by atomic mass is 10.1. The Bertz CT molecular complexity index is 167. The molecule has 0 saturated carbocycles. The van der Waals surface area contributed by atoms with Crippen molar-refractivity contribution in [2.75, 3.05) is 12.5 Å². The number of aliphatic hydroxyl groups is 1. The first kappa shape index (κ1) is 12.5. The van der Waals surface area contributed by atoms with E-state index >= 15 is 0 Å². The molecule has 0 saturated heterocycles. The maximum absolute atomic E-state index is 11.0. The number of ether oxygens (including phenoxy) is 1. The van der Waals surface area contributed by atoms with Crippen LogP contribution in [0.1, 0.15) is 20.8 Å². The Hall–Kier alpha value is -0.480. The quantitative estimate of drug-likeness (QED) is 0.685. The smallest absolute Gasteiger partial charge is 0.407 e. The minimum atomic E-state index is -0.799. The number of rotatable bonds is 3. The zero-order valence-corrected chi connectivity index (χ0v) is 8.89. The van der Waals surface area contributed by atoms with Crippen LogP contribution >= 0.6 is 11.6 Å². The number of alkyl halides is 1. The predicted octanol–water partition coefficient (Wildman–Crippen LogP) is 1.11. The number of carbonyl (C=O) groups is 1. The normalized spacial score (nSPS) is 13.6. The Morgan fingerprint density at radius 3 is 2.54 bits per heavy atom. The molecular weight excluding hydrogens is 194 g/mol. The van der Waals surface area contributed by atoms with Crippen LogP contribution in [0, 0.1) is 0 Å². The molecule has 0 aliphatic rings. The van der Waals surface area contributed by atoms with Crippen LogP contribution in [0.4, 0.5) is 4.79 Å². The summed E-state index contributed by atoms with van der Waals surface area (Å²) in [6, 6.07) is 0. The van der Waals surface area contributed by atoms with Crippen LogP contribution in [0.25, 0.3) is 0 Å². The standard InChI is InChI=1S/C8H16ClNO3/c1-8(2,3)10-7(12)13-5-6(11)4-9/h6,11H,4-5H2,1-3H3,(H,10,12)/t6-/m0/s1. The average molecular weight is 210 g/mol. The first-order valence-electron chi connectivity index (χ1n) is 4.04. The van der Waals surface area contributed by atoms with Crippen LogP contribution in [0.3, 0.4) is 0 Å². The lowest BCUT2D eigenvalue weighted by Gasteiger charge is -2.20. The van der Waals surface area contributed by atoms with Gasteiger partial charge in [-0.25, -0.2) is 4.79 Å². The molecule has 0 unspecified atom stereocenters. The number of hydrogen-bond acceptors (Lipinski definition) is 3. The van der Waals surface area contributed by atoms with Crippen LogP contribution in [0.15, 0.2) is 0 Å². The summed E-state index contributed by atoms with van der Waals surface area (Å²) >= 11 is 5.31. The van der Waals surface area contributed by atoms with E-state index in [0.29, 0.717) is 0 Å². The molecule has 2 N–H and O–H groups in total. The summed E-state index contributed by atoms with van der Waals surface area (Å²) in [6.07, 6.45) is -1.34. The highest BCUT2D eigenvalue weighted by Crippen LogP contribution is 1.99. The highest BCUT2D eigenvalue weighted by atomic mass is 35.5. The lowest BCUT2D eigenvalue weighted by Crippen LogP contribution is -2.41. The van der Waals surface area contributed by atoms with Gasteiger partial charge >= 0.3 is 6.09 Å². The Labute approximate surface area is 83.2 Å². The minimum Gasteiger partial charge on any atom is -0.447 e. The van der Waals surface area contributed by atoms with E-state index in [2.05, 4.69) is 10.1 Å². The largest absolute Gasteiger partial charge is 0.447 e. The van der Waals surface area contributed by atoms with Crippen molar-refractivity contribution in [3.63, 3.8) is 0 Å². The van der Waals surface area contributed by atoms with Gasteiger partial charge in [-0.3, -0.25) is 0 Å². The zero-order chi connectivity index (χ0) is 10.5. The van der Waals surface area contributed by atoms with Gasteiger partial charge in [0.25, 0.3) is 0 Å². The number of alkyl carbamates (subject to hydrolysis) is 1. The maximum atomic E-state index is 11.0. The fraction of sp³-hybridized carbons (Fsp3) is 0.875. The van der Waals surface area contributed by atoms with Crippen LogP contribution < -0.4 is 5.32 Å². The van der Waals surface area contributed by atoms with Gasteiger partial charge in [0.05, 0.1) is 5.88 Å². The van der Waals surface area contributed by atoms with E-state index in [1.165, 1.54) is 0 Å². The van der Waals surface area contributed by atoms with E-state index in [1.54, 1.807) is 0 Å². The highest BCUT2D eigenvalue weighted by molar-refractivity contribution is 6.18. The molecule has 0 aliphatic carbocycles. The summed E-state index contributed by atoms with van der Waals surface area (Å²) < 4.78 is 4.69. The summed E-state index contributed by atoms with van der Waals surface area (Å²) in [4.78, 5) is 11.0. The van der Waals surface area contributed by atoms with Crippen molar-refractivity contribution >= 4 is 17.7 Å². The molecule has 0 spiro atoms. The number of aliphatic hydroxyl groups excluding tert-OH is 1. The Kier molecular flexibility index (Phi) is 5.10. The van der Waals surface area contributed by atoms with Crippen molar-refractivity contribution < 1.29 is 14.6 Å². The van der Waals surface area contributed by atoms with Gasteiger partial charge in [-0.15, -0.1) is 11.6 Å². The highest BCUT2D eigenvalue weighted by Gasteiger charge is 2.15. The molecular formula is C8H16ClNO3. The van der Waals surface area contributed by atoms with Gasteiger partial charge in [0.1, 0.15) is 12.7 Å². The van der Waals surface area contributed by atoms with Gasteiger partial charge in [-0.05, 0) is 20.8 Å². The molecule has 1 amide bonds. The monoisotopic (exact) mass is 209 g/mol. The van der Waals surface area contributed by atoms with Gasteiger partial charge in [0.15, 0.2) is 0 Å². The summed E-state index contributed by atoms with van der Waals surface area (Å²) in [6.45, 7) is 5.44. The second-order valence-corrected chi connectivity index (χ2v) is 4.09. The van der Waals surface area contributed by atoms with Crippen LogP contribution in [-0.4, -0.2) is 35.3 Å². The third-order valence-corrected chi connectivity index (χ3v) is 1.42. The van der Waals surface area contributed by atoms with Crippen molar-refractivity contribution in [1.82, 2.24) is 5.32 Å². The van der Waals surface area contributed by atoms with Crippen molar-refractivity contribution in [2.24, 2.45) is 0 Å². The van der Waals surface area contributed by atoms with Crippen molar-refractivity contribution in [3.05, 3.63) is 0 Å². The van der Waals surface area contributed by atoms with Gasteiger partial charge in [-0.1, -0.05) is 0 Å². The topological polar surface area (TPSA) is 58.6 Å². The van der Waals surface area contributed by atoms with Crippen molar-refractivity contribution in [3.8, 4) is 0 Å². The first-order valence-corrected chi connectivity index (χ1v) is 4.57. The minimum absolute atomic E-state index is 0.0583. The molecule has 13 heavy (non-hydrogen) atoms. The lowest BCUT2D eigenvalue weighted by molar-refractivity contribution is 0.0758. The molecule has 0 aromatic heterocycles. The third kappa shape index (κ3) is 7.87. The van der Waals surface area contributed by atoms with Crippen molar-refractivity contribution in [2.45, 2.75) is 32.4 Å². The van der Waals surface area contributed by atoms with E-state index in [4.69, 9.17) is 16.7 Å². The Morgan fingerprint density at radius 1 is 1.62 bits per heavy atom. The summed E-state index contributed by atoms with van der Waals surface area (Å²) in [5, 5.41) is 11.6. The third-order valence-electron chi connectivity index (χ3n) is 1.06. The number of nitrogens with one attached hydrogen (secondary N) is 1. The van der Waals surface area contributed by atoms with Crippen LogP contribution in [0.5, 0.6) is 0 Å². The SMILES string of the molecule is CC(C)(C)NC(=O)OC[C@@H](O)CCl. The molecule has 0 radical (unpaired) electrons. The molecule has 5 heteroatoms. The molecule has 78 valence electrons. The van der Waals surface area contributed by atoms with E-state index in [9.17, 15) is 4.79 Å². The van der Waals surface area contributed by atoms with E-state index in [0.717, 1.165) is 0 Å². The molecule has 0 heterocycles. The number of amides is 1. The van der Waals surface area contributed by atoms with Gasteiger partial charge in [0, 0.05) is 5.54 Å². The summed E-state index contributed by atoms with van der Waals surface area (Å²) in [5.74, 6) is 0.0583. The molecule has 0 rings (SSSR count). The molecule has 0 aromatic rings. The molecule has 1 atom stereocenters. The van der Waals surface area contributed by atoms with E-state index in [-0.39, 0.29) is 18.0 Å². The molecule has 0 aliphatic heterocycles. The first-order chi connectivity index (χ1) is 5.85. The molecule has 0 bridgehead atoms. The zero-order valence-electron chi connectivity index (χ0n) is 8.13. The fourth-order valence-electron chi connectivity index (χ4n) is 0.559. The molecule has 4 nitrogen and oxygen atoms in total. The summed E-state index contributed by atoms with van der Waals surface area (Å²) in [7, 11) is 0. The second kappa shape index (κ2) is 5.29. The number of hydrogen-bond donors (Lipinski definition) is 2. The Balaban J connectivity index is 3.64. The van der Waals surface area contributed by atoms with E-state index in [1.807, 2.05) is 20.8 Å². The number of halogens is 1. The van der Waals surface area contributed by atoms with Crippen LogP contribution in [-0.2, 0) is 4.74 Å². The predicted molar refractivity (Wildman–Crippen MR) is 51.0 cm³/mol. The average Bonchev–Trinajstić information content (AvgIpc) is 1.97. The van der Waals surface area contributed by atoms with Crippen LogP contribution in [0.2, 0.25) is 0 Å². The molecule has 0 aromatic carbocycles. The van der Waals surface area contributed by atoms with Gasteiger partial charge in [0.2, 0.25) is 0 Å². The van der Waals surface area contributed by atoms with E-state index < -0.39 is 12.2 Å². The second-order valence-electron chi connectivity index (χ2n) is 3.78. The Morgan fingerprint density at radius 2 is 2.15 bits per heavy atom. The number of carbonyl (C=O) groups excluding carboxylic acids is 1. The summed E-state index contributed by atoms with van der Waals surface area (Å²) in [5.41, 5.74) is -0.330.